The number of aromatic amines is 1. The molecule has 1 fully saturated rings. The van der Waals surface area contributed by atoms with Gasteiger partial charge in [0.2, 0.25) is 0 Å². The van der Waals surface area contributed by atoms with Crippen LogP contribution in [0, 0.1) is 6.92 Å². The van der Waals surface area contributed by atoms with Crippen LogP contribution in [0.25, 0.3) is 0 Å². The molecule has 1 amide bonds. The Hall–Kier alpha value is -2.06. The number of carbonyl (C=O) groups is 1. The van der Waals surface area contributed by atoms with Crippen LogP contribution in [0.4, 0.5) is 0 Å². The molecule has 3 heterocycles. The Balaban J connectivity index is 1.79. The van der Waals surface area contributed by atoms with Gasteiger partial charge in [-0.2, -0.15) is 0 Å². The average Bonchev–Trinajstić information content (AvgIpc) is 3.00. The van der Waals surface area contributed by atoms with Gasteiger partial charge in [-0.05, 0) is 6.92 Å². The molecular weight excluding hydrogens is 292 g/mol. The van der Waals surface area contributed by atoms with Crippen molar-refractivity contribution in [2.75, 3.05) is 19.7 Å². The van der Waals surface area contributed by atoms with Crippen molar-refractivity contribution in [2.24, 2.45) is 0 Å². The Kier molecular flexibility index (Phi) is 3.80. The second-order valence-electron chi connectivity index (χ2n) is 4.75. The summed E-state index contributed by atoms with van der Waals surface area (Å²) in [4.78, 5) is 37.0. The molecule has 1 saturated heterocycles. The fourth-order valence-corrected chi connectivity index (χ4v) is 2.82. The lowest BCUT2D eigenvalue weighted by Crippen LogP contribution is -2.42. The van der Waals surface area contributed by atoms with Crippen molar-refractivity contribution in [3.8, 4) is 0 Å². The highest BCUT2D eigenvalue weighted by molar-refractivity contribution is 7.11. The van der Waals surface area contributed by atoms with Gasteiger partial charge in [0, 0.05) is 18.3 Å². The molecule has 8 heteroatoms. The highest BCUT2D eigenvalue weighted by Crippen LogP contribution is 2.21. The molecule has 1 N–H and O–H groups in total. The lowest BCUT2D eigenvalue weighted by molar-refractivity contribution is -0.0268. The summed E-state index contributed by atoms with van der Waals surface area (Å²) in [6.07, 6.45) is 1.15. The van der Waals surface area contributed by atoms with Gasteiger partial charge in [-0.15, -0.1) is 11.3 Å². The van der Waals surface area contributed by atoms with E-state index in [4.69, 9.17) is 4.74 Å². The van der Waals surface area contributed by atoms with E-state index in [0.717, 1.165) is 0 Å². The van der Waals surface area contributed by atoms with E-state index in [9.17, 15) is 9.59 Å². The largest absolute Gasteiger partial charge is 0.367 e. The molecule has 21 heavy (non-hydrogen) atoms. The first kappa shape index (κ1) is 13.9. The van der Waals surface area contributed by atoms with Crippen LogP contribution >= 0.6 is 11.3 Å². The van der Waals surface area contributed by atoms with E-state index >= 15 is 0 Å². The molecule has 1 aliphatic rings. The summed E-state index contributed by atoms with van der Waals surface area (Å²) in [5.74, 6) is 0.391. The van der Waals surface area contributed by atoms with E-state index < -0.39 is 6.10 Å². The third-order valence-corrected chi connectivity index (χ3v) is 3.95. The van der Waals surface area contributed by atoms with E-state index in [1.165, 1.54) is 17.4 Å². The lowest BCUT2D eigenvalue weighted by Gasteiger charge is -2.32. The number of aryl methyl sites for hydroxylation is 1. The molecule has 0 spiro atoms. The summed E-state index contributed by atoms with van der Waals surface area (Å²) in [5, 5.41) is 0. The predicted molar refractivity (Wildman–Crippen MR) is 76.3 cm³/mol. The van der Waals surface area contributed by atoms with Gasteiger partial charge in [-0.1, -0.05) is 0 Å². The van der Waals surface area contributed by atoms with Gasteiger partial charge in [-0.25, -0.2) is 4.98 Å². The molecule has 0 saturated carbocycles. The van der Waals surface area contributed by atoms with Crippen LogP contribution in [-0.2, 0) is 4.74 Å². The fourth-order valence-electron chi connectivity index (χ4n) is 2.23. The van der Waals surface area contributed by atoms with Gasteiger partial charge < -0.3 is 14.6 Å². The fraction of sp³-hybridized carbons (Fsp3) is 0.385. The second kappa shape index (κ2) is 5.74. The van der Waals surface area contributed by atoms with Crippen molar-refractivity contribution in [3.63, 3.8) is 0 Å². The molecule has 110 valence electrons. The van der Waals surface area contributed by atoms with Crippen LogP contribution < -0.4 is 5.56 Å². The minimum Gasteiger partial charge on any atom is -0.367 e. The van der Waals surface area contributed by atoms with Gasteiger partial charge in [0.15, 0.2) is 0 Å². The maximum absolute atomic E-state index is 12.3. The Morgan fingerprint density at radius 2 is 2.43 bits per heavy atom. The number of nitrogens with one attached hydrogen (secondary N) is 1. The Labute approximate surface area is 124 Å². The zero-order valence-electron chi connectivity index (χ0n) is 11.4. The molecule has 1 atom stereocenters. The maximum Gasteiger partial charge on any atom is 0.265 e. The minimum absolute atomic E-state index is 0.0687. The smallest absolute Gasteiger partial charge is 0.265 e. The van der Waals surface area contributed by atoms with Crippen molar-refractivity contribution in [1.82, 2.24) is 19.9 Å². The van der Waals surface area contributed by atoms with Crippen molar-refractivity contribution >= 4 is 17.2 Å². The van der Waals surface area contributed by atoms with Crippen molar-refractivity contribution in [2.45, 2.75) is 13.0 Å². The topological polar surface area (TPSA) is 88.2 Å². The van der Waals surface area contributed by atoms with E-state index in [1.807, 2.05) is 0 Å². The quantitative estimate of drug-likeness (QED) is 0.884. The van der Waals surface area contributed by atoms with Crippen molar-refractivity contribution in [1.29, 1.82) is 0 Å². The predicted octanol–water partition coefficient (Wildman–Crippen LogP) is 0.749. The molecule has 2 aromatic rings. The van der Waals surface area contributed by atoms with Crippen LogP contribution in [0.5, 0.6) is 0 Å². The third-order valence-electron chi connectivity index (χ3n) is 3.19. The standard InChI is InChI=1S/C13H14N4O3S/c1-8-4-11(18)16-12(15-8)9-6-17(2-3-20-9)13(19)10-5-14-7-21-10/h4-5,7,9H,2-3,6H2,1H3,(H,15,16,18)/t9-/m1/s1. The van der Waals surface area contributed by atoms with Crippen LogP contribution in [-0.4, -0.2) is 45.5 Å². The molecule has 0 aliphatic carbocycles. The summed E-state index contributed by atoms with van der Waals surface area (Å²) in [7, 11) is 0. The number of aromatic nitrogens is 3. The molecular formula is C13H14N4O3S. The number of hydrogen-bond acceptors (Lipinski definition) is 6. The van der Waals surface area contributed by atoms with E-state index in [0.29, 0.717) is 36.1 Å². The first-order valence-corrected chi connectivity index (χ1v) is 7.38. The van der Waals surface area contributed by atoms with Crippen LogP contribution in [0.2, 0.25) is 0 Å². The normalized spacial score (nSPS) is 18.7. The number of rotatable bonds is 2. The SMILES string of the molecule is Cc1cc(=O)[nH]c([C@H]2CN(C(=O)c3cncs3)CCO2)n1. The molecule has 0 unspecified atom stereocenters. The summed E-state index contributed by atoms with van der Waals surface area (Å²) in [6, 6.07) is 1.42. The first-order chi connectivity index (χ1) is 10.1. The average molecular weight is 306 g/mol. The van der Waals surface area contributed by atoms with E-state index in [2.05, 4.69) is 15.0 Å². The van der Waals surface area contributed by atoms with Crippen LogP contribution in [0.1, 0.15) is 27.3 Å². The van der Waals surface area contributed by atoms with Crippen LogP contribution in [0.15, 0.2) is 22.6 Å². The number of amides is 1. The molecule has 2 aromatic heterocycles. The summed E-state index contributed by atoms with van der Waals surface area (Å²) in [5.41, 5.74) is 2.04. The molecule has 0 aromatic carbocycles. The zero-order chi connectivity index (χ0) is 14.8. The molecule has 0 bridgehead atoms. The Morgan fingerprint density at radius 3 is 3.14 bits per heavy atom. The molecule has 3 rings (SSSR count). The summed E-state index contributed by atoms with van der Waals surface area (Å²) in [6.45, 7) is 3.04. The van der Waals surface area contributed by atoms with Gasteiger partial charge in [-0.3, -0.25) is 14.6 Å². The van der Waals surface area contributed by atoms with Crippen LogP contribution in [0.3, 0.4) is 0 Å². The number of nitrogens with zero attached hydrogens (tertiary/aromatic N) is 3. The Morgan fingerprint density at radius 1 is 1.57 bits per heavy atom. The highest BCUT2D eigenvalue weighted by atomic mass is 32.1. The Bertz CT molecular complexity index is 698. The maximum atomic E-state index is 12.3. The summed E-state index contributed by atoms with van der Waals surface area (Å²) < 4.78 is 5.63. The monoisotopic (exact) mass is 306 g/mol. The zero-order valence-corrected chi connectivity index (χ0v) is 12.2. The second-order valence-corrected chi connectivity index (χ2v) is 5.63. The highest BCUT2D eigenvalue weighted by Gasteiger charge is 2.28. The van der Waals surface area contributed by atoms with E-state index in [1.54, 1.807) is 23.5 Å². The number of H-pyrrole nitrogens is 1. The minimum atomic E-state index is -0.414. The molecule has 7 nitrogen and oxygen atoms in total. The van der Waals surface area contributed by atoms with Gasteiger partial charge >= 0.3 is 0 Å². The van der Waals surface area contributed by atoms with Crippen molar-refractivity contribution < 1.29 is 9.53 Å². The lowest BCUT2D eigenvalue weighted by atomic mass is 10.2. The third kappa shape index (κ3) is 3.01. The number of carbonyl (C=O) groups excluding carboxylic acids is 1. The van der Waals surface area contributed by atoms with Crippen molar-refractivity contribution in [3.05, 3.63) is 44.5 Å². The summed E-state index contributed by atoms with van der Waals surface area (Å²) >= 11 is 1.31. The van der Waals surface area contributed by atoms with Gasteiger partial charge in [0.05, 0.1) is 24.9 Å². The van der Waals surface area contributed by atoms with Gasteiger partial charge in [0.1, 0.15) is 16.8 Å². The first-order valence-electron chi connectivity index (χ1n) is 6.51. The van der Waals surface area contributed by atoms with Gasteiger partial charge in [0.25, 0.3) is 11.5 Å². The number of thiazole rings is 1. The number of hydrogen-bond donors (Lipinski definition) is 1. The number of ether oxygens (including phenoxy) is 1. The number of morpholine rings is 1. The molecule has 1 aliphatic heterocycles. The van der Waals surface area contributed by atoms with E-state index in [-0.39, 0.29) is 11.5 Å². The molecule has 0 radical (unpaired) electrons.